The molecule has 0 unspecified atom stereocenters. The number of anilines is 3. The quantitative estimate of drug-likeness (QED) is 0.796. The molecule has 0 amide bonds. The minimum absolute atomic E-state index is 0.245. The van der Waals surface area contributed by atoms with Gasteiger partial charge in [0.05, 0.1) is 0 Å². The van der Waals surface area contributed by atoms with Crippen molar-refractivity contribution >= 4 is 17.3 Å². The second kappa shape index (κ2) is 7.40. The Bertz CT molecular complexity index is 634. The summed E-state index contributed by atoms with van der Waals surface area (Å²) in [6.07, 6.45) is 7.62. The standard InChI is InChI=1S/C18H23FN4/c1-13-20-17(22-15-6-4-2-3-5-7-15)12-18(21-13)23-16-10-8-14(19)9-11-16/h8-12,15H,2-7H2,1H3,(H2,20,21,22,23). The summed E-state index contributed by atoms with van der Waals surface area (Å²) in [5.41, 5.74) is 0.810. The molecule has 0 atom stereocenters. The third kappa shape index (κ3) is 4.65. The van der Waals surface area contributed by atoms with Gasteiger partial charge >= 0.3 is 0 Å². The molecule has 0 saturated heterocycles. The SMILES string of the molecule is Cc1nc(Nc2ccc(F)cc2)cc(NC2CCCCCC2)n1. The summed E-state index contributed by atoms with van der Waals surface area (Å²) in [5.74, 6) is 2.05. The van der Waals surface area contributed by atoms with Crippen LogP contribution in [0.15, 0.2) is 30.3 Å². The van der Waals surface area contributed by atoms with Crippen molar-refractivity contribution in [2.45, 2.75) is 51.5 Å². The van der Waals surface area contributed by atoms with E-state index < -0.39 is 0 Å². The first-order valence-corrected chi connectivity index (χ1v) is 8.34. The van der Waals surface area contributed by atoms with Crippen LogP contribution in [0, 0.1) is 12.7 Å². The van der Waals surface area contributed by atoms with Crippen molar-refractivity contribution in [2.24, 2.45) is 0 Å². The Morgan fingerprint density at radius 2 is 1.61 bits per heavy atom. The van der Waals surface area contributed by atoms with Crippen LogP contribution < -0.4 is 10.6 Å². The minimum Gasteiger partial charge on any atom is -0.367 e. The second-order valence-electron chi connectivity index (χ2n) is 6.15. The predicted octanol–water partition coefficient (Wildman–Crippen LogP) is 4.80. The van der Waals surface area contributed by atoms with Gasteiger partial charge in [0.2, 0.25) is 0 Å². The molecule has 1 aliphatic carbocycles. The molecule has 1 aromatic heterocycles. The molecule has 0 spiro atoms. The van der Waals surface area contributed by atoms with E-state index in [1.165, 1.54) is 50.7 Å². The van der Waals surface area contributed by atoms with Gasteiger partial charge in [-0.3, -0.25) is 0 Å². The number of benzene rings is 1. The molecule has 122 valence electrons. The lowest BCUT2D eigenvalue weighted by Gasteiger charge is -2.18. The molecular formula is C18H23FN4. The zero-order chi connectivity index (χ0) is 16.1. The highest BCUT2D eigenvalue weighted by Gasteiger charge is 2.13. The van der Waals surface area contributed by atoms with Gasteiger partial charge in [-0.2, -0.15) is 0 Å². The van der Waals surface area contributed by atoms with Crippen LogP contribution in [-0.2, 0) is 0 Å². The molecule has 1 heterocycles. The normalized spacial score (nSPS) is 15.9. The number of nitrogens with one attached hydrogen (secondary N) is 2. The van der Waals surface area contributed by atoms with Crippen LogP contribution in [0.4, 0.5) is 21.7 Å². The number of halogens is 1. The van der Waals surface area contributed by atoms with Crippen molar-refractivity contribution in [3.8, 4) is 0 Å². The summed E-state index contributed by atoms with van der Waals surface area (Å²) in [4.78, 5) is 8.90. The van der Waals surface area contributed by atoms with E-state index in [2.05, 4.69) is 20.6 Å². The average molecular weight is 314 g/mol. The Hall–Kier alpha value is -2.17. The lowest BCUT2D eigenvalue weighted by atomic mass is 10.1. The van der Waals surface area contributed by atoms with Crippen LogP contribution in [0.1, 0.15) is 44.3 Å². The van der Waals surface area contributed by atoms with Gasteiger partial charge in [0.15, 0.2) is 0 Å². The van der Waals surface area contributed by atoms with E-state index in [0.29, 0.717) is 11.9 Å². The molecule has 5 heteroatoms. The summed E-state index contributed by atoms with van der Waals surface area (Å²) in [5, 5.41) is 6.75. The monoisotopic (exact) mass is 314 g/mol. The fraction of sp³-hybridized carbons (Fsp3) is 0.444. The zero-order valence-electron chi connectivity index (χ0n) is 13.5. The summed E-state index contributed by atoms with van der Waals surface area (Å²) >= 11 is 0. The molecular weight excluding hydrogens is 291 g/mol. The second-order valence-corrected chi connectivity index (χ2v) is 6.15. The molecule has 23 heavy (non-hydrogen) atoms. The van der Waals surface area contributed by atoms with Gasteiger partial charge < -0.3 is 10.6 Å². The molecule has 1 aromatic carbocycles. The van der Waals surface area contributed by atoms with Crippen LogP contribution in [0.2, 0.25) is 0 Å². The van der Waals surface area contributed by atoms with Gasteiger partial charge in [0, 0.05) is 17.8 Å². The molecule has 4 nitrogen and oxygen atoms in total. The molecule has 2 aromatic rings. The predicted molar refractivity (Wildman–Crippen MR) is 91.6 cm³/mol. The fourth-order valence-corrected chi connectivity index (χ4v) is 3.02. The number of rotatable bonds is 4. The summed E-state index contributed by atoms with van der Waals surface area (Å²) in [6, 6.07) is 8.67. The first-order chi connectivity index (χ1) is 11.2. The molecule has 3 rings (SSSR count). The van der Waals surface area contributed by atoms with Crippen molar-refractivity contribution in [3.63, 3.8) is 0 Å². The smallest absolute Gasteiger partial charge is 0.136 e. The summed E-state index contributed by atoms with van der Waals surface area (Å²) in [7, 11) is 0. The lowest BCUT2D eigenvalue weighted by Crippen LogP contribution is -2.19. The highest BCUT2D eigenvalue weighted by Crippen LogP contribution is 2.22. The third-order valence-corrected chi connectivity index (χ3v) is 4.16. The van der Waals surface area contributed by atoms with E-state index >= 15 is 0 Å². The number of hydrogen-bond donors (Lipinski definition) is 2. The average Bonchev–Trinajstić information content (AvgIpc) is 2.78. The fourth-order valence-electron chi connectivity index (χ4n) is 3.02. The zero-order valence-corrected chi connectivity index (χ0v) is 13.5. The maximum Gasteiger partial charge on any atom is 0.136 e. The lowest BCUT2D eigenvalue weighted by molar-refractivity contribution is 0.617. The van der Waals surface area contributed by atoms with Gasteiger partial charge in [0.25, 0.3) is 0 Å². The molecule has 0 aliphatic heterocycles. The van der Waals surface area contributed by atoms with Gasteiger partial charge in [-0.1, -0.05) is 25.7 Å². The first kappa shape index (κ1) is 15.7. The Balaban J connectivity index is 1.71. The molecule has 1 aliphatic rings. The minimum atomic E-state index is -0.245. The molecule has 2 N–H and O–H groups in total. The Morgan fingerprint density at radius 3 is 2.30 bits per heavy atom. The molecule has 1 fully saturated rings. The van der Waals surface area contributed by atoms with Crippen molar-refractivity contribution in [1.29, 1.82) is 0 Å². The number of aromatic nitrogens is 2. The van der Waals surface area contributed by atoms with Crippen LogP contribution in [-0.4, -0.2) is 16.0 Å². The van der Waals surface area contributed by atoms with Crippen LogP contribution >= 0.6 is 0 Å². The topological polar surface area (TPSA) is 49.8 Å². The number of aryl methyl sites for hydroxylation is 1. The molecule has 0 radical (unpaired) electrons. The molecule has 1 saturated carbocycles. The van der Waals surface area contributed by atoms with Crippen molar-refractivity contribution in [2.75, 3.05) is 10.6 Å². The van der Waals surface area contributed by atoms with Crippen LogP contribution in [0.25, 0.3) is 0 Å². The van der Waals surface area contributed by atoms with Gasteiger partial charge in [-0.25, -0.2) is 14.4 Å². The van der Waals surface area contributed by atoms with E-state index in [-0.39, 0.29) is 5.82 Å². The molecule has 0 bridgehead atoms. The summed E-state index contributed by atoms with van der Waals surface area (Å²) < 4.78 is 13.0. The highest BCUT2D eigenvalue weighted by molar-refractivity contribution is 5.59. The van der Waals surface area contributed by atoms with E-state index in [9.17, 15) is 4.39 Å². The Morgan fingerprint density at radius 1 is 0.957 bits per heavy atom. The maximum absolute atomic E-state index is 13.0. The number of hydrogen-bond acceptors (Lipinski definition) is 4. The van der Waals surface area contributed by atoms with Crippen LogP contribution in [0.3, 0.4) is 0 Å². The van der Waals surface area contributed by atoms with Crippen LogP contribution in [0.5, 0.6) is 0 Å². The van der Waals surface area contributed by atoms with E-state index in [4.69, 9.17) is 0 Å². The maximum atomic E-state index is 13.0. The van der Waals surface area contributed by atoms with E-state index in [0.717, 1.165) is 17.3 Å². The highest BCUT2D eigenvalue weighted by atomic mass is 19.1. The van der Waals surface area contributed by atoms with E-state index in [1.54, 1.807) is 12.1 Å². The number of nitrogens with zero attached hydrogens (tertiary/aromatic N) is 2. The van der Waals surface area contributed by atoms with Gasteiger partial charge in [0.1, 0.15) is 23.3 Å². The van der Waals surface area contributed by atoms with Crippen molar-refractivity contribution < 1.29 is 4.39 Å². The van der Waals surface area contributed by atoms with Gasteiger partial charge in [-0.15, -0.1) is 0 Å². The van der Waals surface area contributed by atoms with Gasteiger partial charge in [-0.05, 0) is 44.0 Å². The Kier molecular flexibility index (Phi) is 5.05. The Labute approximate surface area is 136 Å². The summed E-state index contributed by atoms with van der Waals surface area (Å²) in [6.45, 7) is 1.88. The van der Waals surface area contributed by atoms with E-state index in [1.807, 2.05) is 13.0 Å². The largest absolute Gasteiger partial charge is 0.367 e. The first-order valence-electron chi connectivity index (χ1n) is 8.34. The van der Waals surface area contributed by atoms with Crippen molar-refractivity contribution in [1.82, 2.24) is 9.97 Å². The third-order valence-electron chi connectivity index (χ3n) is 4.16. The van der Waals surface area contributed by atoms with Crippen molar-refractivity contribution in [3.05, 3.63) is 42.0 Å².